The lowest BCUT2D eigenvalue weighted by molar-refractivity contribution is -0.149. The zero-order chi connectivity index (χ0) is 22.4. The van der Waals surface area contributed by atoms with Gasteiger partial charge in [-0.2, -0.15) is 0 Å². The molecule has 3 rings (SSSR count). The number of hydrogen-bond acceptors (Lipinski definition) is 5. The predicted octanol–water partition coefficient (Wildman–Crippen LogP) is 5.40. The summed E-state index contributed by atoms with van der Waals surface area (Å²) in [7, 11) is 0. The second-order valence-electron chi connectivity index (χ2n) is 7.30. The minimum absolute atomic E-state index is 0.0156. The minimum atomic E-state index is -0.992. The molecular formula is C24H26BrNO5. The van der Waals surface area contributed by atoms with Crippen molar-refractivity contribution in [2.24, 2.45) is 0 Å². The summed E-state index contributed by atoms with van der Waals surface area (Å²) >= 11 is 3.55. The number of rotatable bonds is 10. The van der Waals surface area contributed by atoms with Crippen LogP contribution in [0, 0.1) is 0 Å². The molecule has 0 aliphatic rings. The zero-order valence-corrected chi connectivity index (χ0v) is 19.4. The van der Waals surface area contributed by atoms with E-state index in [1.807, 2.05) is 56.3 Å². The van der Waals surface area contributed by atoms with Crippen LogP contribution in [0.15, 0.2) is 53.1 Å². The van der Waals surface area contributed by atoms with Gasteiger partial charge in [0.1, 0.15) is 18.1 Å². The summed E-state index contributed by atoms with van der Waals surface area (Å²) in [6, 6.07) is 13.3. The van der Waals surface area contributed by atoms with Crippen LogP contribution in [0.4, 0.5) is 0 Å². The van der Waals surface area contributed by atoms with E-state index >= 15 is 0 Å². The lowest BCUT2D eigenvalue weighted by atomic mass is 10.1. The molecule has 1 aromatic heterocycles. The van der Waals surface area contributed by atoms with Crippen molar-refractivity contribution >= 4 is 32.8 Å². The molecule has 6 nitrogen and oxygen atoms in total. The van der Waals surface area contributed by atoms with Crippen molar-refractivity contribution in [3.05, 3.63) is 64.3 Å². The third-order valence-electron chi connectivity index (χ3n) is 4.63. The SMILES string of the molecule is CCOC(Cc1ccccc1OCc1cnc2c(Br)cccc2c1OC(C)C)C(=O)O. The molecule has 1 atom stereocenters. The number of carbonyl (C=O) groups is 1. The largest absolute Gasteiger partial charge is 0.490 e. The van der Waals surface area contributed by atoms with E-state index in [4.69, 9.17) is 14.2 Å². The average Bonchev–Trinajstić information content (AvgIpc) is 2.73. The minimum Gasteiger partial charge on any atom is -0.490 e. The number of carboxylic acid groups (broad SMARTS) is 1. The molecule has 3 aromatic rings. The molecule has 1 N–H and O–H groups in total. The summed E-state index contributed by atoms with van der Waals surface area (Å²) in [5.74, 6) is 0.350. The highest BCUT2D eigenvalue weighted by atomic mass is 79.9. The van der Waals surface area contributed by atoms with E-state index in [1.54, 1.807) is 13.1 Å². The molecule has 0 radical (unpaired) electrons. The lowest BCUT2D eigenvalue weighted by Crippen LogP contribution is -2.26. The van der Waals surface area contributed by atoms with Gasteiger partial charge >= 0.3 is 5.97 Å². The number of halogens is 1. The van der Waals surface area contributed by atoms with Crippen molar-refractivity contribution in [3.8, 4) is 11.5 Å². The maximum atomic E-state index is 11.5. The molecule has 164 valence electrons. The summed E-state index contributed by atoms with van der Waals surface area (Å²) < 4.78 is 18.5. The standard InChI is InChI=1S/C24H26BrNO5/c1-4-29-21(24(27)28)12-16-8-5-6-11-20(16)30-14-17-13-26-22-18(9-7-10-19(22)25)23(17)31-15(2)3/h5-11,13,15,21H,4,12,14H2,1-3H3,(H,27,28). The molecule has 0 saturated carbocycles. The number of carboxylic acids is 1. The number of nitrogens with zero attached hydrogens (tertiary/aromatic N) is 1. The van der Waals surface area contributed by atoms with Crippen molar-refractivity contribution in [1.29, 1.82) is 0 Å². The second-order valence-corrected chi connectivity index (χ2v) is 8.15. The van der Waals surface area contributed by atoms with E-state index in [-0.39, 0.29) is 19.1 Å². The highest BCUT2D eigenvalue weighted by molar-refractivity contribution is 9.10. The number of pyridine rings is 1. The Hall–Kier alpha value is -2.64. The molecule has 0 bridgehead atoms. The van der Waals surface area contributed by atoms with Crippen molar-refractivity contribution in [3.63, 3.8) is 0 Å². The molecule has 1 unspecified atom stereocenters. The number of para-hydroxylation sites is 2. The maximum Gasteiger partial charge on any atom is 0.333 e. The van der Waals surface area contributed by atoms with Gasteiger partial charge in [-0.25, -0.2) is 4.79 Å². The van der Waals surface area contributed by atoms with Gasteiger partial charge in [-0.15, -0.1) is 0 Å². The summed E-state index contributed by atoms with van der Waals surface area (Å²) in [6.45, 7) is 6.29. The van der Waals surface area contributed by atoms with E-state index in [0.29, 0.717) is 12.4 Å². The number of hydrogen-bond donors (Lipinski definition) is 1. The highest BCUT2D eigenvalue weighted by Crippen LogP contribution is 2.34. The Balaban J connectivity index is 1.89. The topological polar surface area (TPSA) is 77.9 Å². The predicted molar refractivity (Wildman–Crippen MR) is 123 cm³/mol. The van der Waals surface area contributed by atoms with Crippen LogP contribution in [0.2, 0.25) is 0 Å². The van der Waals surface area contributed by atoms with Gasteiger partial charge in [-0.3, -0.25) is 4.98 Å². The van der Waals surface area contributed by atoms with Gasteiger partial charge in [-0.05, 0) is 60.5 Å². The lowest BCUT2D eigenvalue weighted by Gasteiger charge is -2.19. The van der Waals surface area contributed by atoms with E-state index in [9.17, 15) is 9.90 Å². The number of benzene rings is 2. The van der Waals surface area contributed by atoms with Gasteiger partial charge in [0, 0.05) is 29.1 Å². The normalized spacial score (nSPS) is 12.2. The summed E-state index contributed by atoms with van der Waals surface area (Å²) in [5, 5.41) is 10.3. The molecule has 1 heterocycles. The molecule has 0 amide bonds. The van der Waals surface area contributed by atoms with Gasteiger partial charge in [0.15, 0.2) is 6.10 Å². The molecule has 0 spiro atoms. The molecule has 7 heteroatoms. The fraction of sp³-hybridized carbons (Fsp3) is 0.333. The number of ether oxygens (including phenoxy) is 3. The van der Waals surface area contributed by atoms with Crippen molar-refractivity contribution in [1.82, 2.24) is 4.98 Å². The average molecular weight is 488 g/mol. The first-order valence-corrected chi connectivity index (χ1v) is 11.0. The molecule has 31 heavy (non-hydrogen) atoms. The number of aromatic nitrogens is 1. The Morgan fingerprint density at radius 2 is 1.90 bits per heavy atom. The maximum absolute atomic E-state index is 11.5. The van der Waals surface area contributed by atoms with Crippen LogP contribution in [0.1, 0.15) is 31.9 Å². The van der Waals surface area contributed by atoms with Crippen LogP contribution in [-0.2, 0) is 22.6 Å². The summed E-state index contributed by atoms with van der Waals surface area (Å²) in [6.07, 6.45) is 1.04. The van der Waals surface area contributed by atoms with Gasteiger partial charge < -0.3 is 19.3 Å². The number of aliphatic carboxylic acids is 1. The van der Waals surface area contributed by atoms with E-state index in [2.05, 4.69) is 20.9 Å². The van der Waals surface area contributed by atoms with Crippen LogP contribution in [0.5, 0.6) is 11.5 Å². The van der Waals surface area contributed by atoms with Gasteiger partial charge in [0.05, 0.1) is 17.2 Å². The van der Waals surface area contributed by atoms with E-state index < -0.39 is 12.1 Å². The molecule has 0 aliphatic heterocycles. The smallest absolute Gasteiger partial charge is 0.333 e. The summed E-state index contributed by atoms with van der Waals surface area (Å²) in [5.41, 5.74) is 2.41. The molecule has 2 aromatic carbocycles. The van der Waals surface area contributed by atoms with Crippen molar-refractivity contribution < 1.29 is 24.1 Å². The Labute approximate surface area is 190 Å². The van der Waals surface area contributed by atoms with Gasteiger partial charge in [-0.1, -0.05) is 24.3 Å². The van der Waals surface area contributed by atoms with Gasteiger partial charge in [0.2, 0.25) is 0 Å². The van der Waals surface area contributed by atoms with Crippen molar-refractivity contribution in [2.45, 2.75) is 46.0 Å². The Kier molecular flexibility index (Phi) is 7.87. The van der Waals surface area contributed by atoms with Crippen LogP contribution in [-0.4, -0.2) is 34.9 Å². The first-order chi connectivity index (χ1) is 14.9. The Bertz CT molecular complexity index is 1050. The molecule has 0 aliphatic carbocycles. The Morgan fingerprint density at radius 1 is 1.13 bits per heavy atom. The quantitative estimate of drug-likeness (QED) is 0.412. The van der Waals surface area contributed by atoms with Crippen LogP contribution >= 0.6 is 15.9 Å². The highest BCUT2D eigenvalue weighted by Gasteiger charge is 2.20. The fourth-order valence-corrected chi connectivity index (χ4v) is 3.74. The van der Waals surface area contributed by atoms with E-state index in [1.165, 1.54) is 0 Å². The van der Waals surface area contributed by atoms with Gasteiger partial charge in [0.25, 0.3) is 0 Å². The van der Waals surface area contributed by atoms with Crippen LogP contribution < -0.4 is 9.47 Å². The fourth-order valence-electron chi connectivity index (χ4n) is 3.27. The Morgan fingerprint density at radius 3 is 2.61 bits per heavy atom. The number of fused-ring (bicyclic) bond motifs is 1. The second kappa shape index (κ2) is 10.6. The molecular weight excluding hydrogens is 462 g/mol. The first-order valence-electron chi connectivity index (χ1n) is 10.2. The van der Waals surface area contributed by atoms with Crippen LogP contribution in [0.3, 0.4) is 0 Å². The monoisotopic (exact) mass is 487 g/mol. The summed E-state index contributed by atoms with van der Waals surface area (Å²) in [4.78, 5) is 16.1. The van der Waals surface area contributed by atoms with Crippen LogP contribution in [0.25, 0.3) is 10.9 Å². The van der Waals surface area contributed by atoms with E-state index in [0.717, 1.165) is 32.3 Å². The third-order valence-corrected chi connectivity index (χ3v) is 5.27. The molecule has 0 saturated heterocycles. The third kappa shape index (κ3) is 5.74. The zero-order valence-electron chi connectivity index (χ0n) is 17.8. The molecule has 0 fully saturated rings. The van der Waals surface area contributed by atoms with Crippen molar-refractivity contribution in [2.75, 3.05) is 6.61 Å². The first kappa shape index (κ1) is 23.0.